The first-order valence-corrected chi connectivity index (χ1v) is 6.78. The van der Waals surface area contributed by atoms with Gasteiger partial charge in [-0.1, -0.05) is 38.1 Å². The SMILES string of the molecule is CC(C)CNC(=O)CCNCc1ccc(CO)cc1. The quantitative estimate of drug-likeness (QED) is 0.623. The van der Waals surface area contributed by atoms with Crippen LogP contribution in [0.3, 0.4) is 0 Å². The Morgan fingerprint density at radius 1 is 1.21 bits per heavy atom. The maximum absolute atomic E-state index is 11.5. The Balaban J connectivity index is 2.14. The van der Waals surface area contributed by atoms with Crippen molar-refractivity contribution in [1.82, 2.24) is 10.6 Å². The van der Waals surface area contributed by atoms with Gasteiger partial charge < -0.3 is 15.7 Å². The molecule has 0 aliphatic heterocycles. The summed E-state index contributed by atoms with van der Waals surface area (Å²) in [6.45, 7) is 6.38. The molecule has 0 radical (unpaired) electrons. The zero-order valence-electron chi connectivity index (χ0n) is 11.8. The number of benzene rings is 1. The van der Waals surface area contributed by atoms with E-state index in [1.807, 2.05) is 24.3 Å². The van der Waals surface area contributed by atoms with Crippen LogP contribution in [0.15, 0.2) is 24.3 Å². The van der Waals surface area contributed by atoms with Gasteiger partial charge in [0.25, 0.3) is 0 Å². The first-order chi connectivity index (χ1) is 9.11. The number of hydrogen-bond donors (Lipinski definition) is 3. The van der Waals surface area contributed by atoms with Gasteiger partial charge in [-0.3, -0.25) is 4.79 Å². The van der Waals surface area contributed by atoms with Gasteiger partial charge in [-0.25, -0.2) is 0 Å². The largest absolute Gasteiger partial charge is 0.392 e. The molecule has 0 fully saturated rings. The first kappa shape index (κ1) is 15.7. The maximum Gasteiger partial charge on any atom is 0.221 e. The highest BCUT2D eigenvalue weighted by atomic mass is 16.3. The number of nitrogens with one attached hydrogen (secondary N) is 2. The Morgan fingerprint density at radius 3 is 2.42 bits per heavy atom. The number of carbonyl (C=O) groups excluding carboxylic acids is 1. The zero-order valence-corrected chi connectivity index (χ0v) is 11.8. The highest BCUT2D eigenvalue weighted by molar-refractivity contribution is 5.76. The van der Waals surface area contributed by atoms with Gasteiger partial charge in [0.05, 0.1) is 6.61 Å². The van der Waals surface area contributed by atoms with E-state index >= 15 is 0 Å². The molecule has 19 heavy (non-hydrogen) atoms. The van der Waals surface area contributed by atoms with Gasteiger partial charge in [-0.15, -0.1) is 0 Å². The molecule has 4 heteroatoms. The Kier molecular flexibility index (Phi) is 7.15. The molecule has 4 nitrogen and oxygen atoms in total. The first-order valence-electron chi connectivity index (χ1n) is 6.78. The van der Waals surface area contributed by atoms with E-state index in [1.54, 1.807) is 0 Å². The summed E-state index contributed by atoms with van der Waals surface area (Å²) in [5.74, 6) is 0.582. The van der Waals surface area contributed by atoms with E-state index in [2.05, 4.69) is 24.5 Å². The summed E-state index contributed by atoms with van der Waals surface area (Å²) in [5, 5.41) is 15.1. The zero-order chi connectivity index (χ0) is 14.1. The molecule has 0 saturated carbocycles. The number of aliphatic hydroxyl groups is 1. The number of rotatable bonds is 8. The summed E-state index contributed by atoms with van der Waals surface area (Å²) in [5.41, 5.74) is 2.07. The summed E-state index contributed by atoms with van der Waals surface area (Å²) in [6, 6.07) is 7.79. The monoisotopic (exact) mass is 264 g/mol. The molecule has 106 valence electrons. The van der Waals surface area contributed by atoms with Crippen LogP contribution in [0.25, 0.3) is 0 Å². The smallest absolute Gasteiger partial charge is 0.221 e. The van der Waals surface area contributed by atoms with Gasteiger partial charge in [0.15, 0.2) is 0 Å². The number of carbonyl (C=O) groups is 1. The van der Waals surface area contributed by atoms with Gasteiger partial charge in [-0.2, -0.15) is 0 Å². The van der Waals surface area contributed by atoms with Gasteiger partial charge in [0.1, 0.15) is 0 Å². The lowest BCUT2D eigenvalue weighted by Crippen LogP contribution is -2.30. The molecule has 1 aromatic carbocycles. The van der Waals surface area contributed by atoms with Crippen molar-refractivity contribution in [3.8, 4) is 0 Å². The molecule has 0 atom stereocenters. The van der Waals surface area contributed by atoms with Crippen LogP contribution >= 0.6 is 0 Å². The Morgan fingerprint density at radius 2 is 1.84 bits per heavy atom. The third kappa shape index (κ3) is 6.94. The van der Waals surface area contributed by atoms with Crippen molar-refractivity contribution in [2.45, 2.75) is 33.4 Å². The molecular formula is C15H24N2O2. The Labute approximate surface area is 115 Å². The van der Waals surface area contributed by atoms with E-state index in [-0.39, 0.29) is 12.5 Å². The van der Waals surface area contributed by atoms with Crippen LogP contribution in [-0.4, -0.2) is 24.1 Å². The fourth-order valence-corrected chi connectivity index (χ4v) is 1.60. The predicted molar refractivity (Wildman–Crippen MR) is 76.5 cm³/mol. The minimum atomic E-state index is 0.0731. The van der Waals surface area contributed by atoms with Crippen molar-refractivity contribution in [1.29, 1.82) is 0 Å². The molecule has 0 aliphatic rings. The second kappa shape index (κ2) is 8.67. The van der Waals surface area contributed by atoms with Crippen LogP contribution in [0, 0.1) is 5.92 Å². The maximum atomic E-state index is 11.5. The molecule has 0 aliphatic carbocycles. The van der Waals surface area contributed by atoms with Crippen molar-refractivity contribution < 1.29 is 9.90 Å². The van der Waals surface area contributed by atoms with Crippen molar-refractivity contribution >= 4 is 5.91 Å². The van der Waals surface area contributed by atoms with Crippen LogP contribution in [0.2, 0.25) is 0 Å². The minimum absolute atomic E-state index is 0.0731. The van der Waals surface area contributed by atoms with Crippen molar-refractivity contribution in [3.05, 3.63) is 35.4 Å². The molecule has 0 bridgehead atoms. The standard InChI is InChI=1S/C15H24N2O2/c1-12(2)9-17-15(19)7-8-16-10-13-3-5-14(11-18)6-4-13/h3-6,12,16,18H,7-11H2,1-2H3,(H,17,19). The van der Waals surface area contributed by atoms with Crippen LogP contribution in [-0.2, 0) is 17.9 Å². The summed E-state index contributed by atoms with van der Waals surface area (Å²) in [6.07, 6.45) is 0.501. The average Bonchev–Trinajstić information content (AvgIpc) is 2.42. The van der Waals surface area contributed by atoms with E-state index in [4.69, 9.17) is 5.11 Å². The molecule has 1 aromatic rings. The van der Waals surface area contributed by atoms with Crippen LogP contribution < -0.4 is 10.6 Å². The van der Waals surface area contributed by atoms with Crippen LogP contribution in [0.5, 0.6) is 0 Å². The highest BCUT2D eigenvalue weighted by Gasteiger charge is 2.01. The number of amides is 1. The van der Waals surface area contributed by atoms with Crippen molar-refractivity contribution in [2.75, 3.05) is 13.1 Å². The third-order valence-electron chi connectivity index (χ3n) is 2.77. The predicted octanol–water partition coefficient (Wildman–Crippen LogP) is 1.43. The summed E-state index contributed by atoms with van der Waals surface area (Å²) >= 11 is 0. The molecule has 1 amide bonds. The van der Waals surface area contributed by atoms with E-state index in [0.717, 1.165) is 24.2 Å². The minimum Gasteiger partial charge on any atom is -0.392 e. The van der Waals surface area contributed by atoms with E-state index in [9.17, 15) is 4.79 Å². The molecule has 1 rings (SSSR count). The van der Waals surface area contributed by atoms with Gasteiger partial charge >= 0.3 is 0 Å². The fourth-order valence-electron chi connectivity index (χ4n) is 1.60. The normalized spacial score (nSPS) is 10.7. The van der Waals surface area contributed by atoms with E-state index in [0.29, 0.717) is 18.9 Å². The molecule has 0 saturated heterocycles. The van der Waals surface area contributed by atoms with Gasteiger partial charge in [0, 0.05) is 26.1 Å². The number of aliphatic hydroxyl groups excluding tert-OH is 1. The van der Waals surface area contributed by atoms with Crippen molar-refractivity contribution in [3.63, 3.8) is 0 Å². The highest BCUT2D eigenvalue weighted by Crippen LogP contribution is 2.03. The van der Waals surface area contributed by atoms with Crippen molar-refractivity contribution in [2.24, 2.45) is 5.92 Å². The topological polar surface area (TPSA) is 61.4 Å². The third-order valence-corrected chi connectivity index (χ3v) is 2.77. The summed E-state index contributed by atoms with van der Waals surface area (Å²) in [4.78, 5) is 11.5. The Hall–Kier alpha value is -1.39. The number of hydrogen-bond acceptors (Lipinski definition) is 3. The Bertz CT molecular complexity index is 374. The molecule has 0 aromatic heterocycles. The van der Waals surface area contributed by atoms with Gasteiger partial charge in [0.2, 0.25) is 5.91 Å². The lowest BCUT2D eigenvalue weighted by Gasteiger charge is -2.08. The van der Waals surface area contributed by atoms with Crippen LogP contribution in [0.4, 0.5) is 0 Å². The molecule has 0 unspecified atom stereocenters. The lowest BCUT2D eigenvalue weighted by molar-refractivity contribution is -0.121. The molecular weight excluding hydrogens is 240 g/mol. The summed E-state index contributed by atoms with van der Waals surface area (Å²) < 4.78 is 0. The summed E-state index contributed by atoms with van der Waals surface area (Å²) in [7, 11) is 0. The molecule has 3 N–H and O–H groups in total. The van der Waals surface area contributed by atoms with Gasteiger partial charge in [-0.05, 0) is 17.0 Å². The van der Waals surface area contributed by atoms with E-state index < -0.39 is 0 Å². The molecule has 0 heterocycles. The van der Waals surface area contributed by atoms with Crippen LogP contribution in [0.1, 0.15) is 31.4 Å². The second-order valence-corrected chi connectivity index (χ2v) is 5.10. The fraction of sp³-hybridized carbons (Fsp3) is 0.533. The molecule has 0 spiro atoms. The lowest BCUT2D eigenvalue weighted by atomic mass is 10.1. The second-order valence-electron chi connectivity index (χ2n) is 5.10. The van der Waals surface area contributed by atoms with E-state index in [1.165, 1.54) is 0 Å². The average molecular weight is 264 g/mol.